The molecular weight excluding hydrogens is 228 g/mol. The molecule has 0 bridgehead atoms. The van der Waals surface area contributed by atoms with Crippen LogP contribution in [0.3, 0.4) is 0 Å². The highest BCUT2D eigenvalue weighted by Gasteiger charge is 2.23. The van der Waals surface area contributed by atoms with Crippen molar-refractivity contribution in [3.05, 3.63) is 23.9 Å². The molecule has 0 spiro atoms. The van der Waals surface area contributed by atoms with E-state index in [1.807, 2.05) is 24.1 Å². The van der Waals surface area contributed by atoms with Crippen molar-refractivity contribution in [1.29, 1.82) is 0 Å². The highest BCUT2D eigenvalue weighted by molar-refractivity contribution is 5.66. The molecule has 0 unspecified atom stereocenters. The Morgan fingerprint density at radius 1 is 1.39 bits per heavy atom. The van der Waals surface area contributed by atoms with Crippen LogP contribution in [-0.2, 0) is 26.6 Å². The summed E-state index contributed by atoms with van der Waals surface area (Å²) < 4.78 is 4.07. The molecule has 0 radical (unpaired) electrons. The van der Waals surface area contributed by atoms with Gasteiger partial charge >= 0.3 is 0 Å². The van der Waals surface area contributed by atoms with Crippen LogP contribution in [0.5, 0.6) is 0 Å². The molecule has 0 fully saturated rings. The van der Waals surface area contributed by atoms with E-state index in [0.29, 0.717) is 0 Å². The highest BCUT2D eigenvalue weighted by Crippen LogP contribution is 2.28. The van der Waals surface area contributed by atoms with Crippen molar-refractivity contribution in [2.45, 2.75) is 26.4 Å². The maximum Gasteiger partial charge on any atom is 0.150 e. The number of nitrogens with two attached hydrogens (primary N) is 1. The summed E-state index contributed by atoms with van der Waals surface area (Å²) in [4.78, 5) is 6.62. The second-order valence-corrected chi connectivity index (χ2v) is 4.62. The van der Waals surface area contributed by atoms with Crippen molar-refractivity contribution in [3.8, 4) is 0 Å². The molecule has 6 nitrogen and oxygen atoms in total. The van der Waals surface area contributed by atoms with Gasteiger partial charge in [0.1, 0.15) is 5.82 Å². The number of hydrogen-bond acceptors (Lipinski definition) is 4. The van der Waals surface area contributed by atoms with Gasteiger partial charge in [-0.15, -0.1) is 0 Å². The number of fused-ring (bicyclic) bond motifs is 1. The Bertz CT molecular complexity index is 567. The largest absolute Gasteiger partial charge is 0.394 e. The first kappa shape index (κ1) is 11.1. The Balaban J connectivity index is 1.95. The van der Waals surface area contributed by atoms with Gasteiger partial charge in [0.2, 0.25) is 0 Å². The van der Waals surface area contributed by atoms with E-state index in [9.17, 15) is 0 Å². The number of imidazole rings is 1. The number of aromatic nitrogens is 4. The third kappa shape index (κ3) is 1.56. The van der Waals surface area contributed by atoms with E-state index in [0.717, 1.165) is 49.1 Å². The van der Waals surface area contributed by atoms with Crippen molar-refractivity contribution in [3.63, 3.8) is 0 Å². The summed E-state index contributed by atoms with van der Waals surface area (Å²) in [6.45, 7) is 4.75. The average Bonchev–Trinajstić information content (AvgIpc) is 2.93. The second kappa shape index (κ2) is 4.04. The summed E-state index contributed by atoms with van der Waals surface area (Å²) >= 11 is 0. The van der Waals surface area contributed by atoms with Crippen molar-refractivity contribution < 1.29 is 0 Å². The fourth-order valence-electron chi connectivity index (χ4n) is 2.58. The first-order valence-electron chi connectivity index (χ1n) is 6.27. The maximum absolute atomic E-state index is 6.19. The van der Waals surface area contributed by atoms with Crippen molar-refractivity contribution in [2.24, 2.45) is 7.05 Å². The number of nitrogen functional groups attached to an aromatic ring is 1. The lowest BCUT2D eigenvalue weighted by Gasteiger charge is -2.29. The fourth-order valence-corrected chi connectivity index (χ4v) is 2.58. The Kier molecular flexibility index (Phi) is 2.50. The van der Waals surface area contributed by atoms with E-state index < -0.39 is 0 Å². The van der Waals surface area contributed by atoms with Crippen LogP contribution in [0, 0.1) is 0 Å². The number of aryl methyl sites for hydroxylation is 2. The first-order chi connectivity index (χ1) is 8.70. The lowest BCUT2D eigenvalue weighted by Crippen LogP contribution is -2.35. The third-order valence-electron chi connectivity index (χ3n) is 3.51. The molecule has 96 valence electrons. The predicted octanol–water partition coefficient (Wildman–Crippen LogP) is 0.781. The molecule has 0 aromatic carbocycles. The maximum atomic E-state index is 6.19. The van der Waals surface area contributed by atoms with Gasteiger partial charge in [-0.25, -0.2) is 4.98 Å². The first-order valence-corrected chi connectivity index (χ1v) is 6.27. The zero-order valence-corrected chi connectivity index (χ0v) is 10.8. The van der Waals surface area contributed by atoms with Gasteiger partial charge in [0.05, 0.1) is 17.9 Å². The van der Waals surface area contributed by atoms with Gasteiger partial charge in [0.25, 0.3) is 0 Å². The average molecular weight is 246 g/mol. The summed E-state index contributed by atoms with van der Waals surface area (Å²) in [7, 11) is 1.95. The smallest absolute Gasteiger partial charge is 0.150 e. The van der Waals surface area contributed by atoms with Crippen LogP contribution in [0.4, 0.5) is 11.5 Å². The second-order valence-electron chi connectivity index (χ2n) is 4.62. The number of anilines is 2. The molecule has 2 aromatic heterocycles. The Labute approximate surface area is 106 Å². The van der Waals surface area contributed by atoms with E-state index in [1.54, 1.807) is 0 Å². The monoisotopic (exact) mass is 246 g/mol. The van der Waals surface area contributed by atoms with Gasteiger partial charge in [-0.05, 0) is 6.42 Å². The van der Waals surface area contributed by atoms with Crippen molar-refractivity contribution in [2.75, 3.05) is 17.2 Å². The molecule has 0 saturated heterocycles. The highest BCUT2D eigenvalue weighted by atomic mass is 15.4. The van der Waals surface area contributed by atoms with Gasteiger partial charge in [0.15, 0.2) is 5.82 Å². The molecule has 2 aromatic rings. The SMILES string of the molecule is CCc1nn(C)c(N2CCn3ccnc3C2)c1N. The minimum absolute atomic E-state index is 0.792. The third-order valence-corrected chi connectivity index (χ3v) is 3.51. The molecule has 3 heterocycles. The molecule has 1 aliphatic rings. The van der Waals surface area contributed by atoms with Gasteiger partial charge in [-0.2, -0.15) is 5.10 Å². The molecular formula is C12H18N6. The van der Waals surface area contributed by atoms with E-state index in [1.165, 1.54) is 0 Å². The van der Waals surface area contributed by atoms with E-state index in [-0.39, 0.29) is 0 Å². The van der Waals surface area contributed by atoms with Crippen LogP contribution in [0.1, 0.15) is 18.4 Å². The van der Waals surface area contributed by atoms with E-state index >= 15 is 0 Å². The lowest BCUT2D eigenvalue weighted by atomic mass is 10.2. The molecule has 18 heavy (non-hydrogen) atoms. The van der Waals surface area contributed by atoms with Crippen LogP contribution in [-0.4, -0.2) is 25.9 Å². The zero-order chi connectivity index (χ0) is 12.7. The summed E-state index contributed by atoms with van der Waals surface area (Å²) in [5.41, 5.74) is 7.97. The summed E-state index contributed by atoms with van der Waals surface area (Å²) in [5, 5.41) is 4.47. The molecule has 0 atom stereocenters. The Hall–Kier alpha value is -1.98. The standard InChI is InChI=1S/C12H18N6/c1-3-9-11(13)12(16(2)15-9)18-7-6-17-5-4-14-10(17)8-18/h4-5H,3,6-8,13H2,1-2H3. The topological polar surface area (TPSA) is 64.9 Å². The van der Waals surface area contributed by atoms with E-state index in [4.69, 9.17) is 5.73 Å². The molecule has 3 rings (SSSR count). The Morgan fingerprint density at radius 3 is 2.94 bits per heavy atom. The number of rotatable bonds is 2. The number of nitrogens with zero attached hydrogens (tertiary/aromatic N) is 5. The van der Waals surface area contributed by atoms with Gasteiger partial charge in [-0.1, -0.05) is 6.92 Å². The fraction of sp³-hybridized carbons (Fsp3) is 0.500. The molecule has 1 aliphatic heterocycles. The van der Waals surface area contributed by atoms with Gasteiger partial charge in [0, 0.05) is 32.5 Å². The van der Waals surface area contributed by atoms with Gasteiger partial charge in [-0.3, -0.25) is 4.68 Å². The van der Waals surface area contributed by atoms with Crippen LogP contribution in [0.15, 0.2) is 12.4 Å². The van der Waals surface area contributed by atoms with Crippen molar-refractivity contribution in [1.82, 2.24) is 19.3 Å². The molecule has 0 saturated carbocycles. The molecule has 2 N–H and O–H groups in total. The van der Waals surface area contributed by atoms with Crippen LogP contribution in [0.25, 0.3) is 0 Å². The summed E-state index contributed by atoms with van der Waals surface area (Å²) in [6.07, 6.45) is 4.74. The minimum atomic E-state index is 0.792. The lowest BCUT2D eigenvalue weighted by molar-refractivity contribution is 0.546. The summed E-state index contributed by atoms with van der Waals surface area (Å²) in [6, 6.07) is 0. The van der Waals surface area contributed by atoms with Crippen LogP contribution >= 0.6 is 0 Å². The van der Waals surface area contributed by atoms with Gasteiger partial charge < -0.3 is 15.2 Å². The molecule has 0 amide bonds. The number of hydrogen-bond donors (Lipinski definition) is 1. The molecule has 6 heteroatoms. The van der Waals surface area contributed by atoms with Crippen molar-refractivity contribution >= 4 is 11.5 Å². The predicted molar refractivity (Wildman–Crippen MR) is 70.3 cm³/mol. The van der Waals surface area contributed by atoms with Crippen LogP contribution < -0.4 is 10.6 Å². The molecule has 0 aliphatic carbocycles. The Morgan fingerprint density at radius 2 is 2.22 bits per heavy atom. The van der Waals surface area contributed by atoms with Crippen LogP contribution in [0.2, 0.25) is 0 Å². The minimum Gasteiger partial charge on any atom is -0.394 e. The quantitative estimate of drug-likeness (QED) is 0.850. The zero-order valence-electron chi connectivity index (χ0n) is 10.8. The summed E-state index contributed by atoms with van der Waals surface area (Å²) in [5.74, 6) is 2.10. The van der Waals surface area contributed by atoms with E-state index in [2.05, 4.69) is 26.5 Å². The normalized spacial score (nSPS) is 14.9.